The fourth-order valence-corrected chi connectivity index (χ4v) is 2.96. The molecule has 0 atom stereocenters. The Morgan fingerprint density at radius 2 is 1.86 bits per heavy atom. The highest BCUT2D eigenvalue weighted by atomic mass is 35.5. The molecule has 0 fully saturated rings. The molecule has 3 rings (SSSR count). The minimum atomic E-state index is -0.218. The summed E-state index contributed by atoms with van der Waals surface area (Å²) in [5.74, 6) is -0.424. The molecule has 108 valence electrons. The maximum Gasteiger partial charge on any atom is 0.258 e. The minimum absolute atomic E-state index is 0.0579. The normalized spacial score (nSPS) is 13.3. The number of rotatable bonds is 1. The average Bonchev–Trinajstić information content (AvgIpc) is 2.86. The van der Waals surface area contributed by atoms with Gasteiger partial charge in [-0.25, -0.2) is 0 Å². The molecule has 0 saturated carbocycles. The highest BCUT2D eigenvalue weighted by Gasteiger charge is 2.26. The van der Waals surface area contributed by atoms with Crippen LogP contribution in [0.25, 0.3) is 0 Å². The molecule has 0 aromatic heterocycles. The Balaban J connectivity index is 1.98. The Morgan fingerprint density at radius 3 is 2.52 bits per heavy atom. The third-order valence-corrected chi connectivity index (χ3v) is 4.08. The highest BCUT2D eigenvalue weighted by molar-refractivity contribution is 6.37. The molecule has 2 aromatic carbocycles. The van der Waals surface area contributed by atoms with Gasteiger partial charge in [0.15, 0.2) is 5.75 Å². The van der Waals surface area contributed by atoms with Crippen LogP contribution in [0.3, 0.4) is 0 Å². The van der Waals surface area contributed by atoms with Crippen LogP contribution in [0.5, 0.6) is 5.75 Å². The zero-order chi connectivity index (χ0) is 15.1. The van der Waals surface area contributed by atoms with Crippen LogP contribution in [0, 0.1) is 0 Å². The molecule has 1 aliphatic heterocycles. The molecule has 0 bridgehead atoms. The van der Waals surface area contributed by atoms with Crippen molar-refractivity contribution in [1.29, 1.82) is 0 Å². The Labute approximate surface area is 131 Å². The fourth-order valence-electron chi connectivity index (χ4n) is 2.48. The standard InChI is InChI=1S/C15H12Cl2N2O2/c16-11-6-9(7-12(17)14(11)20)15(21)19-4-3-8-5-10(18)1-2-13(8)19/h1-2,5-7,20H,3-4,18H2. The first kappa shape index (κ1) is 14.0. The summed E-state index contributed by atoms with van der Waals surface area (Å²) in [5.41, 5.74) is 8.66. The maximum atomic E-state index is 12.6. The van der Waals surface area contributed by atoms with Crippen molar-refractivity contribution < 1.29 is 9.90 Å². The summed E-state index contributed by atoms with van der Waals surface area (Å²) in [6.45, 7) is 0.577. The molecule has 4 nitrogen and oxygen atoms in total. The monoisotopic (exact) mass is 322 g/mol. The highest BCUT2D eigenvalue weighted by Crippen LogP contribution is 2.35. The van der Waals surface area contributed by atoms with Crippen LogP contribution in [-0.2, 0) is 6.42 Å². The maximum absolute atomic E-state index is 12.6. The number of phenolic OH excluding ortho intramolecular Hbond substituents is 1. The number of halogens is 2. The van der Waals surface area contributed by atoms with Gasteiger partial charge in [-0.3, -0.25) is 4.79 Å². The Hall–Kier alpha value is -1.91. The number of anilines is 2. The van der Waals surface area contributed by atoms with Crippen LogP contribution in [0.15, 0.2) is 30.3 Å². The van der Waals surface area contributed by atoms with E-state index in [1.165, 1.54) is 12.1 Å². The smallest absolute Gasteiger partial charge is 0.258 e. The molecule has 0 saturated heterocycles. The number of carbonyl (C=O) groups excluding carboxylic acids is 1. The van der Waals surface area contributed by atoms with E-state index >= 15 is 0 Å². The van der Waals surface area contributed by atoms with Crippen LogP contribution < -0.4 is 10.6 Å². The van der Waals surface area contributed by atoms with E-state index in [4.69, 9.17) is 28.9 Å². The SMILES string of the molecule is Nc1ccc2c(c1)CCN2C(=O)c1cc(Cl)c(O)c(Cl)c1. The van der Waals surface area contributed by atoms with Crippen molar-refractivity contribution in [2.45, 2.75) is 6.42 Å². The van der Waals surface area contributed by atoms with Crippen molar-refractivity contribution >= 4 is 40.5 Å². The molecule has 1 amide bonds. The van der Waals surface area contributed by atoms with E-state index in [-0.39, 0.29) is 21.7 Å². The van der Waals surface area contributed by atoms with Gasteiger partial charge in [-0.15, -0.1) is 0 Å². The predicted molar refractivity (Wildman–Crippen MR) is 84.4 cm³/mol. The molecule has 0 aliphatic carbocycles. The number of hydrogen-bond donors (Lipinski definition) is 2. The number of benzene rings is 2. The van der Waals surface area contributed by atoms with Crippen LogP contribution in [0.4, 0.5) is 11.4 Å². The van der Waals surface area contributed by atoms with E-state index < -0.39 is 0 Å². The van der Waals surface area contributed by atoms with Gasteiger partial charge in [0, 0.05) is 23.5 Å². The van der Waals surface area contributed by atoms with Gasteiger partial charge in [0.25, 0.3) is 5.91 Å². The molecule has 1 heterocycles. The van der Waals surface area contributed by atoms with Gasteiger partial charge in [0.1, 0.15) is 0 Å². The van der Waals surface area contributed by atoms with Crippen molar-refractivity contribution in [2.75, 3.05) is 17.2 Å². The third kappa shape index (κ3) is 2.41. The van der Waals surface area contributed by atoms with Gasteiger partial charge in [0.05, 0.1) is 10.0 Å². The molecule has 21 heavy (non-hydrogen) atoms. The van der Waals surface area contributed by atoms with Gasteiger partial charge in [-0.2, -0.15) is 0 Å². The molecule has 0 radical (unpaired) electrons. The lowest BCUT2D eigenvalue weighted by Gasteiger charge is -2.18. The summed E-state index contributed by atoms with van der Waals surface area (Å²) < 4.78 is 0. The van der Waals surface area contributed by atoms with Crippen LogP contribution in [0.2, 0.25) is 10.0 Å². The molecule has 0 unspecified atom stereocenters. The summed E-state index contributed by atoms with van der Waals surface area (Å²) in [6.07, 6.45) is 0.756. The molecule has 2 aromatic rings. The lowest BCUT2D eigenvalue weighted by molar-refractivity contribution is 0.0989. The molecular formula is C15H12Cl2N2O2. The number of nitrogen functional groups attached to an aromatic ring is 1. The number of nitrogens with zero attached hydrogens (tertiary/aromatic N) is 1. The van der Waals surface area contributed by atoms with Crippen LogP contribution in [0.1, 0.15) is 15.9 Å². The lowest BCUT2D eigenvalue weighted by atomic mass is 10.1. The molecular weight excluding hydrogens is 311 g/mol. The summed E-state index contributed by atoms with van der Waals surface area (Å²) in [4.78, 5) is 14.3. The Bertz CT molecular complexity index is 723. The van der Waals surface area contributed by atoms with Crippen LogP contribution >= 0.6 is 23.2 Å². The van der Waals surface area contributed by atoms with Crippen LogP contribution in [-0.4, -0.2) is 17.6 Å². The van der Waals surface area contributed by atoms with Crippen molar-refractivity contribution in [3.05, 3.63) is 51.5 Å². The quantitative estimate of drug-likeness (QED) is 0.790. The first-order chi connectivity index (χ1) is 9.97. The molecule has 3 N–H and O–H groups in total. The topological polar surface area (TPSA) is 66.6 Å². The van der Waals surface area contributed by atoms with Crippen molar-refractivity contribution in [1.82, 2.24) is 0 Å². The van der Waals surface area contributed by atoms with E-state index in [0.717, 1.165) is 17.7 Å². The second-order valence-electron chi connectivity index (χ2n) is 4.88. The largest absolute Gasteiger partial charge is 0.505 e. The number of carbonyl (C=O) groups is 1. The van der Waals surface area contributed by atoms with E-state index in [1.807, 2.05) is 12.1 Å². The van der Waals surface area contributed by atoms with Gasteiger partial charge < -0.3 is 15.7 Å². The number of nitrogens with two attached hydrogens (primary N) is 1. The van der Waals surface area contributed by atoms with Gasteiger partial charge >= 0.3 is 0 Å². The predicted octanol–water partition coefficient (Wildman–Crippen LogP) is 3.48. The van der Waals surface area contributed by atoms with Crippen molar-refractivity contribution in [3.63, 3.8) is 0 Å². The number of aromatic hydroxyl groups is 1. The van der Waals surface area contributed by atoms with E-state index in [9.17, 15) is 9.90 Å². The Morgan fingerprint density at radius 1 is 1.19 bits per heavy atom. The van der Waals surface area contributed by atoms with E-state index in [0.29, 0.717) is 17.8 Å². The third-order valence-electron chi connectivity index (χ3n) is 3.51. The second kappa shape index (κ2) is 5.13. The number of hydrogen-bond acceptors (Lipinski definition) is 3. The zero-order valence-electron chi connectivity index (χ0n) is 10.9. The van der Waals surface area contributed by atoms with E-state index in [2.05, 4.69) is 0 Å². The summed E-state index contributed by atoms with van der Waals surface area (Å²) >= 11 is 11.7. The molecule has 0 spiro atoms. The molecule has 6 heteroatoms. The zero-order valence-corrected chi connectivity index (χ0v) is 12.4. The number of fused-ring (bicyclic) bond motifs is 1. The van der Waals surface area contributed by atoms with E-state index in [1.54, 1.807) is 11.0 Å². The van der Waals surface area contributed by atoms with Gasteiger partial charge in [-0.05, 0) is 42.3 Å². The van der Waals surface area contributed by atoms with Crippen molar-refractivity contribution in [2.24, 2.45) is 0 Å². The number of amides is 1. The summed E-state index contributed by atoms with van der Waals surface area (Å²) in [7, 11) is 0. The Kier molecular flexibility index (Phi) is 3.43. The van der Waals surface area contributed by atoms with Crippen molar-refractivity contribution in [3.8, 4) is 5.75 Å². The average molecular weight is 323 g/mol. The fraction of sp³-hybridized carbons (Fsp3) is 0.133. The first-order valence-electron chi connectivity index (χ1n) is 6.35. The summed E-state index contributed by atoms with van der Waals surface area (Å²) in [6, 6.07) is 8.31. The number of phenols is 1. The minimum Gasteiger partial charge on any atom is -0.505 e. The second-order valence-corrected chi connectivity index (χ2v) is 5.70. The van der Waals surface area contributed by atoms with Gasteiger partial charge in [-0.1, -0.05) is 23.2 Å². The van der Waals surface area contributed by atoms with Gasteiger partial charge in [0.2, 0.25) is 0 Å². The lowest BCUT2D eigenvalue weighted by Crippen LogP contribution is -2.28. The summed E-state index contributed by atoms with van der Waals surface area (Å²) in [5, 5.41) is 9.68. The first-order valence-corrected chi connectivity index (χ1v) is 7.11. The molecule has 1 aliphatic rings.